The number of benzene rings is 1. The zero-order chi connectivity index (χ0) is 16.0. The molecular weight excluding hydrogens is 294 g/mol. The van der Waals surface area contributed by atoms with Gasteiger partial charge in [-0.15, -0.1) is 0 Å². The van der Waals surface area contributed by atoms with Gasteiger partial charge in [-0.05, 0) is 25.1 Å². The van der Waals surface area contributed by atoms with Gasteiger partial charge in [0.2, 0.25) is 0 Å². The van der Waals surface area contributed by atoms with E-state index in [9.17, 15) is 4.79 Å². The van der Waals surface area contributed by atoms with E-state index in [1.807, 2.05) is 29.3 Å². The summed E-state index contributed by atoms with van der Waals surface area (Å²) in [7, 11) is 0. The second-order valence-corrected chi connectivity index (χ2v) is 5.47. The molecule has 0 saturated carbocycles. The highest BCUT2D eigenvalue weighted by Gasteiger charge is 2.25. The number of nitrogens with zero attached hydrogens (tertiary/aromatic N) is 3. The minimum absolute atomic E-state index is 0.159. The zero-order valence-electron chi connectivity index (χ0n) is 12.5. The summed E-state index contributed by atoms with van der Waals surface area (Å²) in [4.78, 5) is 22.3. The summed E-state index contributed by atoms with van der Waals surface area (Å²) in [6.45, 7) is 2.36. The highest BCUT2D eigenvalue weighted by Crippen LogP contribution is 2.34. The van der Waals surface area contributed by atoms with Crippen LogP contribution in [0.5, 0.6) is 5.75 Å². The lowest BCUT2D eigenvalue weighted by molar-refractivity contribution is -0.122. The summed E-state index contributed by atoms with van der Waals surface area (Å²) in [5.41, 5.74) is 9.04. The fourth-order valence-electron chi connectivity index (χ4n) is 2.64. The number of carbonyl (C=O) groups excluding carboxylic acids is 1. The van der Waals surface area contributed by atoms with E-state index in [1.54, 1.807) is 19.3 Å². The summed E-state index contributed by atoms with van der Waals surface area (Å²) in [5.74, 6) is 0.915. The van der Waals surface area contributed by atoms with Crippen LogP contribution in [0.1, 0.15) is 12.5 Å². The third-order valence-electron chi connectivity index (χ3n) is 3.88. The van der Waals surface area contributed by atoms with Gasteiger partial charge in [-0.3, -0.25) is 9.79 Å². The first-order valence-corrected chi connectivity index (χ1v) is 7.28. The lowest BCUT2D eigenvalue weighted by Gasteiger charge is -2.28. The molecule has 1 aromatic carbocycles. The molecule has 1 unspecified atom stereocenters. The number of hydrogen-bond acceptors (Lipinski definition) is 6. The van der Waals surface area contributed by atoms with Crippen LogP contribution >= 0.6 is 0 Å². The molecule has 0 aromatic heterocycles. The van der Waals surface area contributed by atoms with Gasteiger partial charge in [0.15, 0.2) is 6.10 Å². The standard InChI is InChI=1S/C16H15N5O2/c1-9-16(22)20-11-6-10(2-3-14(11)23-9)12-8-21-5-4-18-7-13(21)15(17)19-12/h2-4,6-9H,5H2,1H3,(H2,17,19)(H,20,22). The molecule has 0 fully saturated rings. The van der Waals surface area contributed by atoms with Gasteiger partial charge in [0, 0.05) is 18.0 Å². The van der Waals surface area contributed by atoms with Gasteiger partial charge in [0.1, 0.15) is 17.3 Å². The normalized spacial score (nSPS) is 22.1. The van der Waals surface area contributed by atoms with E-state index >= 15 is 0 Å². The molecule has 0 radical (unpaired) electrons. The molecule has 1 amide bonds. The predicted octanol–water partition coefficient (Wildman–Crippen LogP) is 1.30. The Morgan fingerprint density at radius 3 is 3.17 bits per heavy atom. The number of nitrogens with one attached hydrogen (secondary N) is 1. The molecule has 1 atom stereocenters. The number of rotatable bonds is 1. The average Bonchev–Trinajstić information content (AvgIpc) is 2.55. The second-order valence-electron chi connectivity index (χ2n) is 5.47. The highest BCUT2D eigenvalue weighted by molar-refractivity contribution is 6.03. The maximum absolute atomic E-state index is 11.8. The Morgan fingerprint density at radius 1 is 1.43 bits per heavy atom. The largest absolute Gasteiger partial charge is 0.479 e. The van der Waals surface area contributed by atoms with Crippen LogP contribution in [-0.4, -0.2) is 35.5 Å². The van der Waals surface area contributed by atoms with Crippen molar-refractivity contribution in [3.63, 3.8) is 0 Å². The quantitative estimate of drug-likeness (QED) is 0.818. The Hall–Kier alpha value is -3.09. The topological polar surface area (TPSA) is 92.3 Å². The number of amidine groups is 1. The first kappa shape index (κ1) is 13.6. The van der Waals surface area contributed by atoms with Crippen molar-refractivity contribution in [2.75, 3.05) is 11.9 Å². The van der Waals surface area contributed by atoms with Gasteiger partial charge in [0.05, 0.1) is 24.1 Å². The summed E-state index contributed by atoms with van der Waals surface area (Å²) in [5, 5.41) is 2.84. The van der Waals surface area contributed by atoms with E-state index in [1.165, 1.54) is 0 Å². The number of nitrogens with two attached hydrogens (primary N) is 1. The van der Waals surface area contributed by atoms with Crippen LogP contribution in [0.4, 0.5) is 5.69 Å². The molecule has 3 N–H and O–H groups in total. The SMILES string of the molecule is CC1Oc2ccc(C3=CN4CC=NC=C4C(N)=N3)cc2NC1=O. The molecule has 0 bridgehead atoms. The number of ether oxygens (including phenoxy) is 1. The number of carbonyl (C=O) groups is 1. The third-order valence-corrected chi connectivity index (χ3v) is 3.88. The van der Waals surface area contributed by atoms with Crippen molar-refractivity contribution in [1.29, 1.82) is 0 Å². The Morgan fingerprint density at radius 2 is 2.30 bits per heavy atom. The average molecular weight is 309 g/mol. The molecule has 7 nitrogen and oxygen atoms in total. The van der Waals surface area contributed by atoms with Crippen molar-refractivity contribution in [2.24, 2.45) is 15.7 Å². The fourth-order valence-corrected chi connectivity index (χ4v) is 2.64. The van der Waals surface area contributed by atoms with Crippen molar-refractivity contribution in [2.45, 2.75) is 13.0 Å². The van der Waals surface area contributed by atoms with Crippen LogP contribution in [0.2, 0.25) is 0 Å². The predicted molar refractivity (Wildman–Crippen MR) is 88.0 cm³/mol. The highest BCUT2D eigenvalue weighted by atomic mass is 16.5. The number of aliphatic imine (C=N–C) groups is 2. The molecule has 7 heteroatoms. The van der Waals surface area contributed by atoms with Crippen LogP contribution in [0, 0.1) is 0 Å². The van der Waals surface area contributed by atoms with E-state index in [4.69, 9.17) is 10.5 Å². The van der Waals surface area contributed by atoms with Gasteiger partial charge < -0.3 is 20.7 Å². The first-order valence-electron chi connectivity index (χ1n) is 7.28. The summed E-state index contributed by atoms with van der Waals surface area (Å²) < 4.78 is 5.56. The van der Waals surface area contributed by atoms with Crippen LogP contribution in [0.25, 0.3) is 5.70 Å². The van der Waals surface area contributed by atoms with E-state index in [-0.39, 0.29) is 5.91 Å². The van der Waals surface area contributed by atoms with Crippen molar-refractivity contribution in [3.8, 4) is 5.75 Å². The van der Waals surface area contributed by atoms with Crippen molar-refractivity contribution in [3.05, 3.63) is 41.9 Å². The zero-order valence-corrected chi connectivity index (χ0v) is 12.5. The van der Waals surface area contributed by atoms with Crippen LogP contribution in [0.15, 0.2) is 46.3 Å². The molecular formula is C16H15N5O2. The monoisotopic (exact) mass is 309 g/mol. The Bertz CT molecular complexity index is 822. The molecule has 4 rings (SSSR count). The summed E-state index contributed by atoms with van der Waals surface area (Å²) >= 11 is 0. The molecule has 3 aliphatic heterocycles. The van der Waals surface area contributed by atoms with E-state index in [0.717, 1.165) is 17.0 Å². The molecule has 3 aliphatic rings. The van der Waals surface area contributed by atoms with Gasteiger partial charge in [-0.1, -0.05) is 0 Å². The smallest absolute Gasteiger partial charge is 0.265 e. The second kappa shape index (κ2) is 4.98. The Labute approximate surface area is 132 Å². The maximum atomic E-state index is 11.8. The van der Waals surface area contributed by atoms with Crippen molar-refractivity contribution in [1.82, 2.24) is 4.90 Å². The van der Waals surface area contributed by atoms with Gasteiger partial charge in [-0.25, -0.2) is 4.99 Å². The molecule has 0 saturated heterocycles. The van der Waals surface area contributed by atoms with Crippen LogP contribution < -0.4 is 15.8 Å². The molecule has 23 heavy (non-hydrogen) atoms. The molecule has 1 aromatic rings. The third kappa shape index (κ3) is 2.26. The van der Waals surface area contributed by atoms with E-state index < -0.39 is 6.10 Å². The molecule has 116 valence electrons. The molecule has 0 aliphatic carbocycles. The van der Waals surface area contributed by atoms with E-state index in [2.05, 4.69) is 15.3 Å². The van der Waals surface area contributed by atoms with E-state index in [0.29, 0.717) is 23.8 Å². The number of anilines is 1. The lowest BCUT2D eigenvalue weighted by atomic mass is 10.1. The number of fused-ring (bicyclic) bond motifs is 2. The summed E-state index contributed by atoms with van der Waals surface area (Å²) in [6, 6.07) is 5.57. The minimum Gasteiger partial charge on any atom is -0.479 e. The minimum atomic E-state index is -0.490. The number of amides is 1. The first-order chi connectivity index (χ1) is 11.1. The van der Waals surface area contributed by atoms with Gasteiger partial charge in [-0.2, -0.15) is 0 Å². The Kier molecular flexibility index (Phi) is 2.94. The van der Waals surface area contributed by atoms with Crippen LogP contribution in [-0.2, 0) is 4.79 Å². The van der Waals surface area contributed by atoms with Crippen molar-refractivity contribution >= 4 is 29.3 Å². The number of hydrogen-bond donors (Lipinski definition) is 2. The Balaban J connectivity index is 1.71. The molecule has 0 spiro atoms. The molecule has 3 heterocycles. The van der Waals surface area contributed by atoms with Crippen LogP contribution in [0.3, 0.4) is 0 Å². The van der Waals surface area contributed by atoms with Gasteiger partial charge >= 0.3 is 0 Å². The maximum Gasteiger partial charge on any atom is 0.265 e. The summed E-state index contributed by atoms with van der Waals surface area (Å²) in [6.07, 6.45) is 4.93. The van der Waals surface area contributed by atoms with Gasteiger partial charge in [0.25, 0.3) is 5.91 Å². The van der Waals surface area contributed by atoms with Crippen molar-refractivity contribution < 1.29 is 9.53 Å². The lowest BCUT2D eigenvalue weighted by Crippen LogP contribution is -2.34. The fraction of sp³-hybridized carbons (Fsp3) is 0.188.